The minimum Gasteiger partial charge on any atom is -0.449 e. The quantitative estimate of drug-likeness (QED) is 0.403. The first-order valence-electron chi connectivity index (χ1n) is 9.24. The van der Waals surface area contributed by atoms with Crippen molar-refractivity contribution in [1.82, 2.24) is 0 Å². The van der Waals surface area contributed by atoms with Gasteiger partial charge in [0.25, 0.3) is 11.6 Å². The minimum absolute atomic E-state index is 0.0516. The standard InChI is InChI=1S/C22H18N2O5/c1-13(21(25)23-18-7-2-3-8-19(18)24(27)28)29-22(26)17-12-11-15-10-9-14-5-4-6-16(17)20(14)15/h2-8,11-13H,9-10H2,1H3,(H,23,25). The van der Waals surface area contributed by atoms with Crippen LogP contribution in [-0.2, 0) is 22.4 Å². The molecule has 3 aromatic carbocycles. The lowest BCUT2D eigenvalue weighted by Crippen LogP contribution is -2.30. The monoisotopic (exact) mass is 390 g/mol. The predicted octanol–water partition coefficient (Wildman–Crippen LogP) is 4.03. The molecule has 0 aromatic heterocycles. The highest BCUT2D eigenvalue weighted by atomic mass is 16.6. The SMILES string of the molecule is CC(OC(=O)c1ccc2c3c(cccc13)CC2)C(=O)Nc1ccccc1[N+](=O)[O-]. The fraction of sp³-hybridized carbons (Fsp3) is 0.182. The van der Waals surface area contributed by atoms with Gasteiger partial charge in [-0.2, -0.15) is 0 Å². The summed E-state index contributed by atoms with van der Waals surface area (Å²) in [6.45, 7) is 1.43. The highest BCUT2D eigenvalue weighted by molar-refractivity contribution is 6.08. The fourth-order valence-electron chi connectivity index (χ4n) is 3.68. The van der Waals surface area contributed by atoms with Crippen LogP contribution < -0.4 is 5.32 Å². The number of para-hydroxylation sites is 2. The van der Waals surface area contributed by atoms with Gasteiger partial charge in [0.2, 0.25) is 0 Å². The second-order valence-electron chi connectivity index (χ2n) is 6.92. The average Bonchev–Trinajstić information content (AvgIpc) is 3.13. The number of ether oxygens (including phenoxy) is 1. The molecule has 1 unspecified atom stereocenters. The molecule has 1 N–H and O–H groups in total. The predicted molar refractivity (Wildman–Crippen MR) is 108 cm³/mol. The number of nitro groups is 1. The topological polar surface area (TPSA) is 98.5 Å². The van der Waals surface area contributed by atoms with Crippen molar-refractivity contribution in [3.05, 3.63) is 81.4 Å². The van der Waals surface area contributed by atoms with E-state index in [-0.39, 0.29) is 11.4 Å². The number of hydrogen-bond acceptors (Lipinski definition) is 5. The number of hydrogen-bond donors (Lipinski definition) is 1. The first-order valence-corrected chi connectivity index (χ1v) is 9.24. The number of anilines is 1. The maximum atomic E-state index is 12.7. The summed E-state index contributed by atoms with van der Waals surface area (Å²) in [7, 11) is 0. The van der Waals surface area contributed by atoms with Gasteiger partial charge in [0.05, 0.1) is 10.5 Å². The Morgan fingerprint density at radius 1 is 1.03 bits per heavy atom. The summed E-state index contributed by atoms with van der Waals surface area (Å²) in [5.41, 5.74) is 2.63. The molecule has 7 heteroatoms. The minimum atomic E-state index is -1.12. The van der Waals surface area contributed by atoms with Gasteiger partial charge in [-0.05, 0) is 53.8 Å². The summed E-state index contributed by atoms with van der Waals surface area (Å²) in [5.74, 6) is -1.25. The van der Waals surface area contributed by atoms with Crippen molar-refractivity contribution in [3.8, 4) is 0 Å². The number of nitrogens with one attached hydrogen (secondary N) is 1. The zero-order valence-corrected chi connectivity index (χ0v) is 15.7. The summed E-state index contributed by atoms with van der Waals surface area (Å²) in [6, 6.07) is 15.3. The Balaban J connectivity index is 1.53. The molecule has 0 saturated carbocycles. The van der Waals surface area contributed by atoms with Crippen molar-refractivity contribution in [2.24, 2.45) is 0 Å². The number of amides is 1. The van der Waals surface area contributed by atoms with Crippen LogP contribution in [0.3, 0.4) is 0 Å². The van der Waals surface area contributed by atoms with Crippen LogP contribution in [0.1, 0.15) is 28.4 Å². The third-order valence-corrected chi connectivity index (χ3v) is 5.11. The highest BCUT2D eigenvalue weighted by Crippen LogP contribution is 2.33. The van der Waals surface area contributed by atoms with Crippen LogP contribution >= 0.6 is 0 Å². The molecule has 146 valence electrons. The van der Waals surface area contributed by atoms with Crippen LogP contribution in [0.2, 0.25) is 0 Å². The lowest BCUT2D eigenvalue weighted by Gasteiger charge is -2.15. The van der Waals surface area contributed by atoms with Crippen LogP contribution in [0, 0.1) is 10.1 Å². The van der Waals surface area contributed by atoms with E-state index in [0.717, 1.165) is 23.6 Å². The van der Waals surface area contributed by atoms with Gasteiger partial charge in [0.1, 0.15) is 5.69 Å². The Kier molecular flexibility index (Phi) is 4.72. The Bertz CT molecular complexity index is 1140. The average molecular weight is 390 g/mol. The van der Waals surface area contributed by atoms with Gasteiger partial charge in [-0.15, -0.1) is 0 Å². The van der Waals surface area contributed by atoms with Gasteiger partial charge in [0, 0.05) is 6.07 Å². The summed E-state index contributed by atoms with van der Waals surface area (Å²) in [6.07, 6.45) is 0.769. The summed E-state index contributed by atoms with van der Waals surface area (Å²) in [5, 5.41) is 15.4. The largest absolute Gasteiger partial charge is 0.449 e. The molecule has 1 amide bonds. The fourth-order valence-corrected chi connectivity index (χ4v) is 3.68. The van der Waals surface area contributed by atoms with E-state index in [1.165, 1.54) is 36.2 Å². The number of esters is 1. The van der Waals surface area contributed by atoms with Crippen molar-refractivity contribution in [1.29, 1.82) is 0 Å². The zero-order chi connectivity index (χ0) is 20.5. The van der Waals surface area contributed by atoms with Crippen LogP contribution in [0.5, 0.6) is 0 Å². The second kappa shape index (κ2) is 7.35. The molecule has 0 radical (unpaired) electrons. The van der Waals surface area contributed by atoms with E-state index in [1.807, 2.05) is 18.2 Å². The van der Waals surface area contributed by atoms with Crippen molar-refractivity contribution in [2.75, 3.05) is 5.32 Å². The number of carbonyl (C=O) groups excluding carboxylic acids is 2. The van der Waals surface area contributed by atoms with E-state index < -0.39 is 22.9 Å². The molecule has 4 rings (SSSR count). The van der Waals surface area contributed by atoms with Crippen molar-refractivity contribution < 1.29 is 19.2 Å². The molecule has 0 spiro atoms. The molecular weight excluding hydrogens is 372 g/mol. The lowest BCUT2D eigenvalue weighted by atomic mass is 10.00. The van der Waals surface area contributed by atoms with Gasteiger partial charge >= 0.3 is 5.97 Å². The number of rotatable bonds is 5. The van der Waals surface area contributed by atoms with E-state index in [9.17, 15) is 19.7 Å². The molecule has 7 nitrogen and oxygen atoms in total. The Hall–Kier alpha value is -3.74. The van der Waals surface area contributed by atoms with Gasteiger partial charge in [-0.3, -0.25) is 14.9 Å². The third kappa shape index (κ3) is 3.42. The summed E-state index contributed by atoms with van der Waals surface area (Å²) < 4.78 is 5.36. The zero-order valence-electron chi connectivity index (χ0n) is 15.7. The molecule has 1 aliphatic rings. The number of aryl methyl sites for hydroxylation is 2. The maximum absolute atomic E-state index is 12.7. The highest BCUT2D eigenvalue weighted by Gasteiger charge is 2.24. The number of nitro benzene ring substituents is 1. The van der Waals surface area contributed by atoms with E-state index in [0.29, 0.717) is 5.56 Å². The van der Waals surface area contributed by atoms with Crippen LogP contribution in [0.15, 0.2) is 54.6 Å². The number of benzene rings is 3. The van der Waals surface area contributed by atoms with E-state index in [1.54, 1.807) is 12.1 Å². The maximum Gasteiger partial charge on any atom is 0.339 e. The molecule has 0 heterocycles. The molecular formula is C22H18N2O5. The second-order valence-corrected chi connectivity index (χ2v) is 6.92. The number of carbonyl (C=O) groups is 2. The molecule has 29 heavy (non-hydrogen) atoms. The van der Waals surface area contributed by atoms with Crippen molar-refractivity contribution in [3.63, 3.8) is 0 Å². The van der Waals surface area contributed by atoms with Crippen LogP contribution in [0.4, 0.5) is 11.4 Å². The Labute approximate surface area is 166 Å². The first kappa shape index (κ1) is 18.6. The van der Waals surface area contributed by atoms with Crippen LogP contribution in [0.25, 0.3) is 10.8 Å². The van der Waals surface area contributed by atoms with Gasteiger partial charge in [-0.25, -0.2) is 4.79 Å². The smallest absolute Gasteiger partial charge is 0.339 e. The molecule has 3 aromatic rings. The van der Waals surface area contributed by atoms with Gasteiger partial charge in [-0.1, -0.05) is 36.4 Å². The first-order chi connectivity index (χ1) is 14.0. The molecule has 0 fully saturated rings. The normalized spacial score (nSPS) is 13.1. The van der Waals surface area contributed by atoms with Gasteiger partial charge in [0.15, 0.2) is 6.10 Å². The Morgan fingerprint density at radius 3 is 2.52 bits per heavy atom. The summed E-state index contributed by atoms with van der Waals surface area (Å²) >= 11 is 0. The third-order valence-electron chi connectivity index (χ3n) is 5.11. The van der Waals surface area contributed by atoms with Crippen molar-refractivity contribution >= 4 is 34.0 Å². The molecule has 0 bridgehead atoms. The molecule has 1 aliphatic carbocycles. The van der Waals surface area contributed by atoms with E-state index in [4.69, 9.17) is 4.74 Å². The summed E-state index contributed by atoms with van der Waals surface area (Å²) in [4.78, 5) is 35.7. The molecule has 1 atom stereocenters. The lowest BCUT2D eigenvalue weighted by molar-refractivity contribution is -0.383. The van der Waals surface area contributed by atoms with Crippen LogP contribution in [-0.4, -0.2) is 22.9 Å². The van der Waals surface area contributed by atoms with E-state index >= 15 is 0 Å². The van der Waals surface area contributed by atoms with Crippen molar-refractivity contribution in [2.45, 2.75) is 25.9 Å². The Morgan fingerprint density at radius 2 is 1.76 bits per heavy atom. The van der Waals surface area contributed by atoms with Gasteiger partial charge < -0.3 is 10.1 Å². The van der Waals surface area contributed by atoms with E-state index in [2.05, 4.69) is 11.4 Å². The molecule has 0 aliphatic heterocycles. The number of nitrogens with zero attached hydrogens (tertiary/aromatic N) is 1. The molecule has 0 saturated heterocycles.